The van der Waals surface area contributed by atoms with E-state index in [4.69, 9.17) is 16.3 Å². The van der Waals surface area contributed by atoms with Crippen molar-refractivity contribution in [1.82, 2.24) is 9.88 Å². The van der Waals surface area contributed by atoms with Crippen molar-refractivity contribution in [2.45, 2.75) is 12.8 Å². The Morgan fingerprint density at radius 1 is 1.09 bits per heavy atom. The number of anilines is 2. The third-order valence-corrected chi connectivity index (χ3v) is 6.88. The number of benzene rings is 2. The minimum absolute atomic E-state index is 0.210. The van der Waals surface area contributed by atoms with Gasteiger partial charge in [-0.05, 0) is 50.5 Å². The number of rotatable bonds is 7. The number of hydrogen-bond acceptors (Lipinski definition) is 7. The van der Waals surface area contributed by atoms with Gasteiger partial charge in [0.25, 0.3) is 5.91 Å². The van der Waals surface area contributed by atoms with Crippen LogP contribution in [0.5, 0.6) is 5.75 Å². The molecule has 3 amide bonds. The minimum atomic E-state index is -0.239. The molecule has 0 bridgehead atoms. The molecule has 1 aromatic heterocycles. The Morgan fingerprint density at radius 3 is 2.36 bits per heavy atom. The molecule has 33 heavy (non-hydrogen) atoms. The van der Waals surface area contributed by atoms with Crippen LogP contribution in [0.15, 0.2) is 36.4 Å². The fourth-order valence-corrected chi connectivity index (χ4v) is 4.86. The number of fused-ring (bicyclic) bond motifs is 1. The van der Waals surface area contributed by atoms with Gasteiger partial charge in [0.1, 0.15) is 11.3 Å². The normalized spacial score (nSPS) is 13.9. The molecule has 1 fully saturated rings. The van der Waals surface area contributed by atoms with Crippen molar-refractivity contribution in [3.8, 4) is 5.75 Å². The van der Waals surface area contributed by atoms with Crippen LogP contribution in [0.25, 0.3) is 10.2 Å². The van der Waals surface area contributed by atoms with Gasteiger partial charge in [-0.25, -0.2) is 4.98 Å². The van der Waals surface area contributed by atoms with Crippen LogP contribution in [-0.2, 0) is 9.59 Å². The Kier molecular flexibility index (Phi) is 6.64. The van der Waals surface area contributed by atoms with Crippen molar-refractivity contribution in [2.24, 2.45) is 0 Å². The molecule has 10 heteroatoms. The molecular formula is C23H23ClN4O4S. The summed E-state index contributed by atoms with van der Waals surface area (Å²) in [6.45, 7) is 1.04. The Balaban J connectivity index is 1.68. The van der Waals surface area contributed by atoms with Crippen LogP contribution in [0, 0.1) is 0 Å². The van der Waals surface area contributed by atoms with Gasteiger partial charge in [0.05, 0.1) is 22.5 Å². The van der Waals surface area contributed by atoms with Gasteiger partial charge in [0.2, 0.25) is 11.8 Å². The molecule has 1 aliphatic rings. The number of hydrogen-bond donors (Lipinski definition) is 0. The number of aromatic nitrogens is 1. The summed E-state index contributed by atoms with van der Waals surface area (Å²) in [7, 11) is 5.42. The van der Waals surface area contributed by atoms with Crippen LogP contribution < -0.4 is 14.5 Å². The molecule has 172 valence electrons. The first-order chi connectivity index (χ1) is 15.8. The van der Waals surface area contributed by atoms with Crippen LogP contribution in [0.4, 0.5) is 10.8 Å². The molecule has 3 aromatic rings. The molecule has 0 atom stereocenters. The Bertz CT molecular complexity index is 1210. The lowest BCUT2D eigenvalue weighted by Gasteiger charge is -2.22. The van der Waals surface area contributed by atoms with E-state index in [9.17, 15) is 14.4 Å². The largest absolute Gasteiger partial charge is 0.494 e. The Hall–Kier alpha value is -3.01. The van der Waals surface area contributed by atoms with E-state index in [0.717, 1.165) is 4.70 Å². The summed E-state index contributed by atoms with van der Waals surface area (Å²) in [4.78, 5) is 46.9. The van der Waals surface area contributed by atoms with Gasteiger partial charge in [0, 0.05) is 31.5 Å². The molecule has 1 aliphatic heterocycles. The van der Waals surface area contributed by atoms with Crippen molar-refractivity contribution in [1.29, 1.82) is 0 Å². The SMILES string of the molecule is COc1ccc(Cl)c2sc(N(CCN(C)C)C(=O)c3ccc(N4C(=O)CCC4=O)cc3)nc12. The highest BCUT2D eigenvalue weighted by Crippen LogP contribution is 2.39. The number of carbonyl (C=O) groups excluding carboxylic acids is 3. The predicted octanol–water partition coefficient (Wildman–Crippen LogP) is 3.82. The first-order valence-corrected chi connectivity index (χ1v) is 11.5. The second-order valence-corrected chi connectivity index (χ2v) is 9.24. The van der Waals surface area contributed by atoms with Crippen LogP contribution in [0.3, 0.4) is 0 Å². The van der Waals surface area contributed by atoms with Gasteiger partial charge in [-0.3, -0.25) is 24.2 Å². The van der Waals surface area contributed by atoms with E-state index in [0.29, 0.717) is 45.8 Å². The van der Waals surface area contributed by atoms with Crippen molar-refractivity contribution in [2.75, 3.05) is 44.1 Å². The average Bonchev–Trinajstić information content (AvgIpc) is 3.38. The zero-order valence-corrected chi connectivity index (χ0v) is 20.1. The lowest BCUT2D eigenvalue weighted by Crippen LogP contribution is -2.36. The van der Waals surface area contributed by atoms with Crippen LogP contribution in [0.2, 0.25) is 5.02 Å². The molecule has 0 N–H and O–H groups in total. The Morgan fingerprint density at radius 2 is 1.76 bits per heavy atom. The van der Waals surface area contributed by atoms with Crippen LogP contribution in [0.1, 0.15) is 23.2 Å². The summed E-state index contributed by atoms with van der Waals surface area (Å²) in [6, 6.07) is 9.99. The van der Waals surface area contributed by atoms with E-state index in [2.05, 4.69) is 4.98 Å². The maximum absolute atomic E-state index is 13.5. The molecule has 0 spiro atoms. The number of amides is 3. The molecule has 0 unspecified atom stereocenters. The van der Waals surface area contributed by atoms with Crippen LogP contribution >= 0.6 is 22.9 Å². The topological polar surface area (TPSA) is 83.0 Å². The lowest BCUT2D eigenvalue weighted by atomic mass is 10.1. The number of likely N-dealkylation sites (N-methyl/N-ethyl adjacent to an activating group) is 1. The quantitative estimate of drug-likeness (QED) is 0.472. The predicted molar refractivity (Wildman–Crippen MR) is 130 cm³/mol. The first-order valence-electron chi connectivity index (χ1n) is 10.4. The van der Waals surface area contributed by atoms with E-state index in [1.54, 1.807) is 48.4 Å². The van der Waals surface area contributed by atoms with E-state index in [1.807, 2.05) is 19.0 Å². The number of thiazole rings is 1. The number of imide groups is 1. The zero-order valence-electron chi connectivity index (χ0n) is 18.5. The fraction of sp³-hybridized carbons (Fsp3) is 0.304. The highest BCUT2D eigenvalue weighted by molar-refractivity contribution is 7.23. The molecule has 0 aliphatic carbocycles. The standard InChI is InChI=1S/C23H23ClN4O4S/c1-26(2)12-13-27(23-25-20-17(32-3)9-8-16(24)21(20)33-23)22(31)14-4-6-15(7-5-14)28-18(29)10-11-19(28)30/h4-9H,10-13H2,1-3H3. The molecule has 2 aromatic carbocycles. The van der Waals surface area contributed by atoms with Gasteiger partial charge >= 0.3 is 0 Å². The number of halogens is 1. The molecule has 2 heterocycles. The van der Waals surface area contributed by atoms with Gasteiger partial charge < -0.3 is 9.64 Å². The van der Waals surface area contributed by atoms with Crippen molar-refractivity contribution >= 4 is 61.7 Å². The molecule has 0 radical (unpaired) electrons. The monoisotopic (exact) mass is 486 g/mol. The molecule has 8 nitrogen and oxygen atoms in total. The summed E-state index contributed by atoms with van der Waals surface area (Å²) in [5, 5.41) is 1.05. The van der Waals surface area contributed by atoms with E-state index in [1.165, 1.54) is 16.2 Å². The molecular weight excluding hydrogens is 464 g/mol. The van der Waals surface area contributed by atoms with Crippen LogP contribution in [-0.4, -0.2) is 61.9 Å². The number of nitrogens with zero attached hydrogens (tertiary/aromatic N) is 4. The molecule has 0 saturated carbocycles. The smallest absolute Gasteiger partial charge is 0.260 e. The highest BCUT2D eigenvalue weighted by atomic mass is 35.5. The number of methoxy groups -OCH3 is 1. The van der Waals surface area contributed by atoms with E-state index >= 15 is 0 Å². The highest BCUT2D eigenvalue weighted by Gasteiger charge is 2.30. The van der Waals surface area contributed by atoms with Crippen molar-refractivity contribution in [3.63, 3.8) is 0 Å². The van der Waals surface area contributed by atoms with Crippen molar-refractivity contribution in [3.05, 3.63) is 47.0 Å². The van der Waals surface area contributed by atoms with E-state index in [-0.39, 0.29) is 30.6 Å². The zero-order chi connectivity index (χ0) is 23.7. The maximum atomic E-state index is 13.5. The third kappa shape index (κ3) is 4.57. The second-order valence-electron chi connectivity index (χ2n) is 7.85. The second kappa shape index (κ2) is 9.46. The lowest BCUT2D eigenvalue weighted by molar-refractivity contribution is -0.121. The third-order valence-electron chi connectivity index (χ3n) is 5.34. The number of carbonyl (C=O) groups is 3. The minimum Gasteiger partial charge on any atom is -0.494 e. The van der Waals surface area contributed by atoms with E-state index < -0.39 is 0 Å². The summed E-state index contributed by atoms with van der Waals surface area (Å²) < 4.78 is 6.16. The van der Waals surface area contributed by atoms with Gasteiger partial charge in [0.15, 0.2) is 5.13 Å². The Labute approximate surface area is 200 Å². The van der Waals surface area contributed by atoms with Crippen molar-refractivity contribution < 1.29 is 19.1 Å². The van der Waals surface area contributed by atoms with Gasteiger partial charge in [-0.2, -0.15) is 0 Å². The molecule has 4 rings (SSSR count). The van der Waals surface area contributed by atoms with Gasteiger partial charge in [-0.15, -0.1) is 0 Å². The summed E-state index contributed by atoms with van der Waals surface area (Å²) in [6.07, 6.45) is 0.420. The summed E-state index contributed by atoms with van der Waals surface area (Å²) in [5.74, 6) is -0.114. The first kappa shape index (κ1) is 23.2. The molecule has 1 saturated heterocycles. The summed E-state index contributed by atoms with van der Waals surface area (Å²) in [5.41, 5.74) is 1.50. The number of ether oxygens (including phenoxy) is 1. The van der Waals surface area contributed by atoms with Gasteiger partial charge in [-0.1, -0.05) is 22.9 Å². The fourth-order valence-electron chi connectivity index (χ4n) is 3.58. The summed E-state index contributed by atoms with van der Waals surface area (Å²) >= 11 is 7.70. The maximum Gasteiger partial charge on any atom is 0.260 e. The average molecular weight is 487 g/mol.